The van der Waals surface area contributed by atoms with Gasteiger partial charge >= 0.3 is 12.3 Å². The molecule has 1 heterocycles. The fourth-order valence-electron chi connectivity index (χ4n) is 2.75. The van der Waals surface area contributed by atoms with Gasteiger partial charge in [-0.2, -0.15) is 18.4 Å². The molecule has 30 heavy (non-hydrogen) atoms. The summed E-state index contributed by atoms with van der Waals surface area (Å²) in [7, 11) is 0. The van der Waals surface area contributed by atoms with Gasteiger partial charge in [0.05, 0.1) is 5.54 Å². The van der Waals surface area contributed by atoms with Crippen LogP contribution in [0.3, 0.4) is 0 Å². The van der Waals surface area contributed by atoms with Crippen molar-refractivity contribution < 1.29 is 27.1 Å². The van der Waals surface area contributed by atoms with E-state index in [0.717, 1.165) is 10.6 Å². The summed E-state index contributed by atoms with van der Waals surface area (Å²) in [5, 5.41) is 11.8. The van der Waals surface area contributed by atoms with Crippen LogP contribution in [-0.4, -0.2) is 27.8 Å². The number of ether oxygens (including phenoxy) is 1. The number of hydrogen-bond donors (Lipinski definition) is 1. The van der Waals surface area contributed by atoms with Crippen LogP contribution in [0.4, 0.5) is 22.4 Å². The molecule has 0 bridgehead atoms. The summed E-state index contributed by atoms with van der Waals surface area (Å²) in [6.45, 7) is 5.92. The third-order valence-electron chi connectivity index (χ3n) is 4.11. The number of imidazole rings is 1. The molecule has 1 N–H and O–H groups in total. The minimum absolute atomic E-state index is 0.0597. The molecular weight excluding hydrogens is 472 g/mol. The van der Waals surface area contributed by atoms with Crippen molar-refractivity contribution in [3.8, 4) is 6.07 Å². The molecule has 1 amide bonds. The molecule has 1 unspecified atom stereocenters. The van der Waals surface area contributed by atoms with Crippen LogP contribution in [0, 0.1) is 17.1 Å². The number of aromatic nitrogens is 2. The lowest BCUT2D eigenvalue weighted by Gasteiger charge is -2.33. The fourth-order valence-corrected chi connectivity index (χ4v) is 3.11. The highest BCUT2D eigenvalue weighted by Crippen LogP contribution is 2.35. The monoisotopic (exact) mass is 490 g/mol. The number of nitrogens with one attached hydrogen (secondary N) is 1. The van der Waals surface area contributed by atoms with Crippen LogP contribution in [0.5, 0.6) is 0 Å². The Kier molecular flexibility index (Phi) is 6.51. The van der Waals surface area contributed by atoms with Gasteiger partial charge in [-0.1, -0.05) is 15.9 Å². The third kappa shape index (κ3) is 5.30. The lowest BCUT2D eigenvalue weighted by Crippen LogP contribution is -2.46. The molecule has 1 aromatic heterocycles. The van der Waals surface area contributed by atoms with Crippen LogP contribution < -0.4 is 5.32 Å². The Hall–Kier alpha value is -2.61. The minimum Gasteiger partial charge on any atom is -0.444 e. The number of alkyl carbamates (subject to hydrolysis) is 1. The van der Waals surface area contributed by atoms with Crippen LogP contribution in [0.1, 0.15) is 44.8 Å². The maximum atomic E-state index is 14.7. The van der Waals surface area contributed by atoms with E-state index in [9.17, 15) is 27.6 Å². The number of alkyl halides is 3. The predicted molar refractivity (Wildman–Crippen MR) is 103 cm³/mol. The average Bonchev–Trinajstić information content (AvgIpc) is 3.06. The van der Waals surface area contributed by atoms with E-state index in [2.05, 4.69) is 26.2 Å². The molecule has 1 atom stereocenters. The maximum Gasteiger partial charge on any atom is 0.434 e. The molecule has 0 aliphatic rings. The predicted octanol–water partition coefficient (Wildman–Crippen LogP) is 4.96. The topological polar surface area (TPSA) is 79.9 Å². The van der Waals surface area contributed by atoms with Crippen LogP contribution >= 0.6 is 15.9 Å². The first-order valence-electron chi connectivity index (χ1n) is 8.67. The van der Waals surface area contributed by atoms with E-state index < -0.39 is 40.7 Å². The van der Waals surface area contributed by atoms with E-state index in [1.807, 2.05) is 0 Å². The van der Waals surface area contributed by atoms with Gasteiger partial charge in [-0.3, -0.25) is 0 Å². The van der Waals surface area contributed by atoms with Crippen molar-refractivity contribution in [3.05, 3.63) is 51.8 Å². The molecule has 11 heteroatoms. The number of hydrogen-bond acceptors (Lipinski definition) is 4. The summed E-state index contributed by atoms with van der Waals surface area (Å²) in [5.41, 5.74) is -3.82. The number of carbonyl (C=O) groups is 1. The van der Waals surface area contributed by atoms with E-state index in [1.54, 1.807) is 26.8 Å². The lowest BCUT2D eigenvalue weighted by molar-refractivity contribution is -0.141. The van der Waals surface area contributed by atoms with Crippen LogP contribution in [0.15, 0.2) is 28.9 Å². The molecule has 0 spiro atoms. The van der Waals surface area contributed by atoms with E-state index in [4.69, 9.17) is 4.74 Å². The molecular formula is C19H19BrF4N4O2. The van der Waals surface area contributed by atoms with Gasteiger partial charge in [0, 0.05) is 22.8 Å². The van der Waals surface area contributed by atoms with Gasteiger partial charge in [0.25, 0.3) is 0 Å². The second kappa shape index (κ2) is 8.26. The molecule has 0 aliphatic carbocycles. The van der Waals surface area contributed by atoms with Gasteiger partial charge in [-0.15, -0.1) is 0 Å². The summed E-state index contributed by atoms with van der Waals surface area (Å²) < 4.78 is 60.8. The largest absolute Gasteiger partial charge is 0.444 e. The zero-order chi connectivity index (χ0) is 22.9. The van der Waals surface area contributed by atoms with Crippen LogP contribution in [0.2, 0.25) is 0 Å². The Morgan fingerprint density at radius 1 is 1.30 bits per heavy atom. The summed E-state index contributed by atoms with van der Waals surface area (Å²) in [4.78, 5) is 15.5. The zero-order valence-corrected chi connectivity index (χ0v) is 18.2. The third-order valence-corrected chi connectivity index (χ3v) is 4.61. The van der Waals surface area contributed by atoms with E-state index in [-0.39, 0.29) is 12.1 Å². The van der Waals surface area contributed by atoms with Gasteiger partial charge in [0.15, 0.2) is 5.69 Å². The first-order valence-corrected chi connectivity index (χ1v) is 9.46. The highest BCUT2D eigenvalue weighted by Gasteiger charge is 2.40. The number of amides is 1. The Morgan fingerprint density at radius 2 is 1.93 bits per heavy atom. The fraction of sp³-hybridized carbons (Fsp3) is 0.421. The minimum atomic E-state index is -4.81. The Labute approximate surface area is 179 Å². The quantitative estimate of drug-likeness (QED) is 0.614. The number of rotatable bonds is 4. The molecule has 0 saturated carbocycles. The number of nitriles is 1. The maximum absolute atomic E-state index is 14.7. The van der Waals surface area contributed by atoms with Crippen molar-refractivity contribution in [1.29, 1.82) is 5.26 Å². The van der Waals surface area contributed by atoms with E-state index in [1.165, 1.54) is 19.1 Å². The smallest absolute Gasteiger partial charge is 0.434 e. The Balaban J connectivity index is 2.61. The second-order valence-electron chi connectivity index (χ2n) is 7.68. The molecule has 0 saturated heterocycles. The van der Waals surface area contributed by atoms with Gasteiger partial charge in [-0.05, 0) is 45.9 Å². The standard InChI is InChI=1S/C19H19BrF4N4O2/c1-17(2,3)30-16(29)26-10-18(4,12-7-11(20)5-6-13(12)21)28-9-14(19(22,23)24)27-15(28)8-25/h5-7,9H,10H2,1-4H3,(H,26,29). The second-order valence-corrected chi connectivity index (χ2v) is 8.60. The Bertz CT molecular complexity index is 992. The summed E-state index contributed by atoms with van der Waals surface area (Å²) in [6.07, 6.45) is -5.04. The van der Waals surface area contributed by atoms with E-state index in [0.29, 0.717) is 10.7 Å². The highest BCUT2D eigenvalue weighted by molar-refractivity contribution is 9.10. The van der Waals surface area contributed by atoms with E-state index >= 15 is 0 Å². The molecule has 2 aromatic rings. The van der Waals surface area contributed by atoms with Crippen molar-refractivity contribution in [2.24, 2.45) is 0 Å². The molecule has 0 fully saturated rings. The van der Waals surface area contributed by atoms with Crippen molar-refractivity contribution in [1.82, 2.24) is 14.9 Å². The van der Waals surface area contributed by atoms with Gasteiger partial charge < -0.3 is 14.6 Å². The highest BCUT2D eigenvalue weighted by atomic mass is 79.9. The molecule has 6 nitrogen and oxygen atoms in total. The lowest BCUT2D eigenvalue weighted by atomic mass is 9.90. The molecule has 0 radical (unpaired) electrons. The number of benzene rings is 1. The first-order chi connectivity index (χ1) is 13.7. The van der Waals surface area contributed by atoms with Crippen molar-refractivity contribution >= 4 is 22.0 Å². The number of carbonyl (C=O) groups excluding carboxylic acids is 1. The number of halogens is 5. The summed E-state index contributed by atoms with van der Waals surface area (Å²) in [5.74, 6) is -1.33. The van der Waals surface area contributed by atoms with Crippen molar-refractivity contribution in [3.63, 3.8) is 0 Å². The molecule has 2 rings (SSSR count). The summed E-state index contributed by atoms with van der Waals surface area (Å²) in [6, 6.07) is 5.50. The normalized spacial score (nSPS) is 14.0. The molecule has 162 valence electrons. The van der Waals surface area contributed by atoms with Gasteiger partial charge in [0.2, 0.25) is 5.82 Å². The van der Waals surface area contributed by atoms with Crippen molar-refractivity contribution in [2.75, 3.05) is 6.54 Å². The van der Waals surface area contributed by atoms with Crippen LogP contribution in [0.25, 0.3) is 0 Å². The average molecular weight is 491 g/mol. The Morgan fingerprint density at radius 3 is 2.47 bits per heavy atom. The summed E-state index contributed by atoms with van der Waals surface area (Å²) >= 11 is 3.21. The van der Waals surface area contributed by atoms with Gasteiger partial charge in [0.1, 0.15) is 17.5 Å². The van der Waals surface area contributed by atoms with Crippen molar-refractivity contribution in [2.45, 2.75) is 45.0 Å². The first kappa shape index (κ1) is 23.7. The zero-order valence-electron chi connectivity index (χ0n) is 16.6. The number of nitrogens with zero attached hydrogens (tertiary/aromatic N) is 3. The SMILES string of the molecule is CC(C)(C)OC(=O)NCC(C)(c1cc(Br)ccc1F)n1cc(C(F)(F)F)nc1C#N. The van der Waals surface area contributed by atoms with Crippen LogP contribution in [-0.2, 0) is 16.5 Å². The molecule has 0 aliphatic heterocycles. The molecule has 1 aromatic carbocycles. The van der Waals surface area contributed by atoms with Gasteiger partial charge in [-0.25, -0.2) is 14.2 Å².